The van der Waals surface area contributed by atoms with Gasteiger partial charge in [0.05, 0.1) is 0 Å². The molecule has 2 nitrogen and oxygen atoms in total. The van der Waals surface area contributed by atoms with Crippen LogP contribution in [0.3, 0.4) is 0 Å². The van der Waals surface area contributed by atoms with Crippen molar-refractivity contribution in [2.24, 2.45) is 0 Å². The first kappa shape index (κ1) is 35.4. The van der Waals surface area contributed by atoms with Gasteiger partial charge in [0.2, 0.25) is 0 Å². The summed E-state index contributed by atoms with van der Waals surface area (Å²) in [5, 5.41) is 18.5. The number of benzene rings is 3. The van der Waals surface area contributed by atoms with Gasteiger partial charge in [-0.1, -0.05) is 70.7 Å². The van der Waals surface area contributed by atoms with Crippen molar-refractivity contribution in [3.05, 3.63) is 98.8 Å². The Morgan fingerprint density at radius 2 is 1.16 bits per heavy atom. The van der Waals surface area contributed by atoms with Crippen molar-refractivity contribution in [3.63, 3.8) is 0 Å². The Morgan fingerprint density at radius 3 is 1.54 bits per heavy atom. The monoisotopic (exact) mass is 644 g/mol. The molecule has 3 rings (SSSR count). The van der Waals surface area contributed by atoms with Gasteiger partial charge >= 0.3 is 7.12 Å². The number of hydrogen-bond acceptors (Lipinski definition) is 2. The van der Waals surface area contributed by atoms with Crippen molar-refractivity contribution in [2.45, 2.75) is 66.7 Å². The van der Waals surface area contributed by atoms with Gasteiger partial charge in [-0.05, 0) is 110 Å². The summed E-state index contributed by atoms with van der Waals surface area (Å²) in [5.74, 6) is -0.754. The third-order valence-corrected chi connectivity index (χ3v) is 5.80. The molecule has 8 heteroatoms. The van der Waals surface area contributed by atoms with Crippen LogP contribution >= 0.6 is 31.9 Å². The van der Waals surface area contributed by atoms with Crippen LogP contribution in [0, 0.1) is 38.2 Å². The smallest absolute Gasteiger partial charge is 0.423 e. The normalized spacial score (nSPS) is 9.73. The second kappa shape index (κ2) is 20.4. The van der Waals surface area contributed by atoms with E-state index >= 15 is 0 Å². The molecule has 0 bridgehead atoms. The second-order valence-corrected chi connectivity index (χ2v) is 10.4. The summed E-state index contributed by atoms with van der Waals surface area (Å²) in [6, 6.07) is 14.0. The molecule has 0 radical (unpaired) electrons. The van der Waals surface area contributed by atoms with E-state index in [1.54, 1.807) is 19.1 Å². The van der Waals surface area contributed by atoms with E-state index in [4.69, 9.17) is 10.0 Å². The molecule has 2 N–H and O–H groups in total. The number of aryl methyl sites for hydroxylation is 4. The predicted octanol–water partition coefficient (Wildman–Crippen LogP) is 8.37. The fourth-order valence-corrected chi connectivity index (χ4v) is 4.22. The van der Waals surface area contributed by atoms with Crippen LogP contribution in [0.5, 0.6) is 0 Å². The molecule has 0 saturated carbocycles. The molecule has 0 aromatic heterocycles. The van der Waals surface area contributed by atoms with Crippen LogP contribution < -0.4 is 5.46 Å². The van der Waals surface area contributed by atoms with Crippen LogP contribution in [0.25, 0.3) is 0 Å². The van der Waals surface area contributed by atoms with Crippen LogP contribution in [0.4, 0.5) is 13.2 Å². The lowest BCUT2D eigenvalue weighted by molar-refractivity contribution is 0.425. The van der Waals surface area contributed by atoms with Crippen LogP contribution in [-0.2, 0) is 6.42 Å². The molecule has 0 aliphatic rings. The van der Waals surface area contributed by atoms with E-state index < -0.39 is 12.9 Å². The van der Waals surface area contributed by atoms with Gasteiger partial charge in [-0.25, -0.2) is 13.2 Å². The summed E-state index contributed by atoms with van der Waals surface area (Å²) in [6.07, 6.45) is 5.90. The van der Waals surface area contributed by atoms with Gasteiger partial charge in [0.1, 0.15) is 17.5 Å². The Balaban J connectivity index is 0.000000486. The number of halogens is 5. The highest BCUT2D eigenvalue weighted by Gasteiger charge is 2.11. The molecule has 0 unspecified atom stereocenters. The topological polar surface area (TPSA) is 40.5 Å². The summed E-state index contributed by atoms with van der Waals surface area (Å²) < 4.78 is 38.6. The van der Waals surface area contributed by atoms with Crippen molar-refractivity contribution in [3.8, 4) is 0 Å². The van der Waals surface area contributed by atoms with Gasteiger partial charge in [0, 0.05) is 9.80 Å². The van der Waals surface area contributed by atoms with E-state index in [2.05, 4.69) is 51.8 Å². The molecule has 0 aliphatic carbocycles. The minimum absolute atomic E-state index is 0.110. The molecule has 204 valence electrons. The maximum absolute atomic E-state index is 12.9. The maximum atomic E-state index is 12.9. The first-order valence-corrected chi connectivity index (χ1v) is 14.2. The van der Waals surface area contributed by atoms with E-state index in [-0.39, 0.29) is 17.1 Å². The minimum Gasteiger partial charge on any atom is -0.423 e. The lowest BCUT2D eigenvalue weighted by Crippen LogP contribution is -2.30. The van der Waals surface area contributed by atoms with E-state index in [1.165, 1.54) is 37.1 Å². The SMILES string of the molecule is CCCCBr.CCCCc1cc(C)cc(F)c1.Cc1cc(F)cc(B(O)O)c1.Cc1cc(F)cc(Br)c1. The quantitative estimate of drug-likeness (QED) is 0.209. The molecule has 0 atom stereocenters. The highest BCUT2D eigenvalue weighted by Crippen LogP contribution is 2.13. The summed E-state index contributed by atoms with van der Waals surface area (Å²) in [4.78, 5) is 0. The first-order chi connectivity index (χ1) is 17.4. The molecule has 0 amide bonds. The van der Waals surface area contributed by atoms with Crippen molar-refractivity contribution in [2.75, 3.05) is 5.33 Å². The Labute approximate surface area is 237 Å². The molecule has 0 heterocycles. The molecule has 0 aliphatic heterocycles. The average Bonchev–Trinajstić information content (AvgIpc) is 2.77. The fraction of sp³-hybridized carbons (Fsp3) is 0.379. The summed E-state index contributed by atoms with van der Waals surface area (Å²) in [5.41, 5.74) is 3.92. The van der Waals surface area contributed by atoms with Gasteiger partial charge < -0.3 is 10.0 Å². The van der Waals surface area contributed by atoms with E-state index in [0.29, 0.717) is 5.56 Å². The van der Waals surface area contributed by atoms with Crippen molar-refractivity contribution in [1.29, 1.82) is 0 Å². The van der Waals surface area contributed by atoms with E-state index in [9.17, 15) is 13.2 Å². The highest BCUT2D eigenvalue weighted by molar-refractivity contribution is 9.10. The molecule has 3 aromatic carbocycles. The number of rotatable bonds is 6. The molecule has 0 spiro atoms. The average molecular weight is 646 g/mol. The zero-order valence-corrected chi connectivity index (χ0v) is 25.5. The summed E-state index contributed by atoms with van der Waals surface area (Å²) >= 11 is 6.48. The first-order valence-electron chi connectivity index (χ1n) is 12.3. The van der Waals surface area contributed by atoms with Crippen LogP contribution in [0.2, 0.25) is 0 Å². The maximum Gasteiger partial charge on any atom is 0.488 e. The number of alkyl halides is 1. The van der Waals surface area contributed by atoms with Crippen LogP contribution in [0.1, 0.15) is 61.8 Å². The van der Waals surface area contributed by atoms with Gasteiger partial charge in [-0.3, -0.25) is 0 Å². The molecule has 0 fully saturated rings. The molecule has 3 aromatic rings. The van der Waals surface area contributed by atoms with Crippen molar-refractivity contribution in [1.82, 2.24) is 0 Å². The Morgan fingerprint density at radius 1 is 0.676 bits per heavy atom. The largest absolute Gasteiger partial charge is 0.488 e. The lowest BCUT2D eigenvalue weighted by atomic mass is 9.80. The highest BCUT2D eigenvalue weighted by atomic mass is 79.9. The second-order valence-electron chi connectivity index (χ2n) is 8.67. The van der Waals surface area contributed by atoms with Crippen LogP contribution in [-0.4, -0.2) is 22.5 Å². The standard InChI is InChI=1S/C11H15F.C7H8BFO2.C7H6BrF.C4H9Br/c1-3-4-5-10-6-9(2)7-11(12)8-10;1-5-2-6(8(10)11)4-7(9)3-5;1-5-2-6(8)4-7(9)3-5;1-2-3-4-5/h6-8H,3-5H2,1-2H3;2-4,10-11H,1H3;2-4H,1H3;2-4H2,1H3. The van der Waals surface area contributed by atoms with Crippen molar-refractivity contribution < 1.29 is 23.2 Å². The Hall–Kier alpha value is -1.61. The molecular formula is C29H38BBr2F3O2. The molecule has 37 heavy (non-hydrogen) atoms. The van der Waals surface area contributed by atoms with Crippen molar-refractivity contribution >= 4 is 44.4 Å². The fourth-order valence-electron chi connectivity index (χ4n) is 3.08. The lowest BCUT2D eigenvalue weighted by Gasteiger charge is -2.01. The third kappa shape index (κ3) is 18.3. The predicted molar refractivity (Wildman–Crippen MR) is 158 cm³/mol. The van der Waals surface area contributed by atoms with Gasteiger partial charge in [0.15, 0.2) is 0 Å². The zero-order chi connectivity index (χ0) is 28.4. The molecular weight excluding hydrogens is 608 g/mol. The van der Waals surface area contributed by atoms with Gasteiger partial charge in [0.25, 0.3) is 0 Å². The Kier molecular flexibility index (Phi) is 19.5. The van der Waals surface area contributed by atoms with E-state index in [0.717, 1.165) is 51.8 Å². The zero-order valence-electron chi connectivity index (χ0n) is 22.3. The van der Waals surface area contributed by atoms with Crippen LogP contribution in [0.15, 0.2) is 59.1 Å². The molecule has 0 saturated heterocycles. The van der Waals surface area contributed by atoms with Gasteiger partial charge in [-0.2, -0.15) is 0 Å². The third-order valence-electron chi connectivity index (χ3n) is 4.78. The summed E-state index contributed by atoms with van der Waals surface area (Å²) in [6.45, 7) is 9.80. The number of unbranched alkanes of at least 4 members (excludes halogenated alkanes) is 2. The summed E-state index contributed by atoms with van der Waals surface area (Å²) in [7, 11) is -1.59. The van der Waals surface area contributed by atoms with Gasteiger partial charge in [-0.15, -0.1) is 0 Å². The van der Waals surface area contributed by atoms with E-state index in [1.807, 2.05) is 19.9 Å². The minimum atomic E-state index is -1.59. The Bertz CT molecular complexity index is 957. The number of hydrogen-bond donors (Lipinski definition) is 2.